The van der Waals surface area contributed by atoms with Crippen LogP contribution in [0.15, 0.2) is 89.9 Å². The Labute approximate surface area is 187 Å². The number of thiazole rings is 1. The first-order valence-corrected chi connectivity index (χ1v) is 11.1. The summed E-state index contributed by atoms with van der Waals surface area (Å²) in [5.41, 5.74) is 6.66. The lowest BCUT2D eigenvalue weighted by Crippen LogP contribution is -2.11. The lowest BCUT2D eigenvalue weighted by Gasteiger charge is -2.05. The number of fused-ring (bicyclic) bond motifs is 2. The van der Waals surface area contributed by atoms with Crippen molar-refractivity contribution in [3.63, 3.8) is 0 Å². The molecule has 3 heterocycles. The fourth-order valence-electron chi connectivity index (χ4n) is 4.09. The van der Waals surface area contributed by atoms with E-state index < -0.39 is 0 Å². The smallest absolute Gasteiger partial charge is 0.259 e. The first-order valence-electron chi connectivity index (χ1n) is 10.3. The van der Waals surface area contributed by atoms with Gasteiger partial charge in [0.25, 0.3) is 5.56 Å². The van der Waals surface area contributed by atoms with Crippen LogP contribution in [-0.2, 0) is 0 Å². The maximum Gasteiger partial charge on any atom is 0.259 e. The summed E-state index contributed by atoms with van der Waals surface area (Å²) in [6.45, 7) is 1.99. The first kappa shape index (κ1) is 18.7. The zero-order valence-electron chi connectivity index (χ0n) is 17.2. The standard InChI is InChI=1S/C26H18N4OS/c1-16-27-21-13-12-19(14-22(21)32-16)20-15-30-25(28-26(20)31)23(17-8-4-2-5-9-17)24(29-30)18-10-6-3-7-11-18/h2-15H,1H3,(H,28,31). The second kappa shape index (κ2) is 7.28. The summed E-state index contributed by atoms with van der Waals surface area (Å²) in [4.78, 5) is 20.8. The highest BCUT2D eigenvalue weighted by molar-refractivity contribution is 7.18. The molecule has 5 nitrogen and oxygen atoms in total. The molecule has 0 aliphatic heterocycles. The largest absolute Gasteiger partial charge is 0.306 e. The van der Waals surface area contributed by atoms with Gasteiger partial charge in [0.05, 0.1) is 26.4 Å². The summed E-state index contributed by atoms with van der Waals surface area (Å²) in [7, 11) is 0. The molecule has 0 fully saturated rings. The fraction of sp³-hybridized carbons (Fsp3) is 0.0385. The number of aryl methyl sites for hydroxylation is 1. The van der Waals surface area contributed by atoms with Crippen LogP contribution in [0.25, 0.3) is 49.4 Å². The summed E-state index contributed by atoms with van der Waals surface area (Å²) < 4.78 is 2.85. The minimum Gasteiger partial charge on any atom is -0.306 e. The number of nitrogens with one attached hydrogen (secondary N) is 1. The van der Waals surface area contributed by atoms with E-state index in [9.17, 15) is 4.79 Å². The molecule has 6 aromatic rings. The van der Waals surface area contributed by atoms with E-state index >= 15 is 0 Å². The van der Waals surface area contributed by atoms with E-state index in [4.69, 9.17) is 5.10 Å². The third kappa shape index (κ3) is 3.04. The Kier molecular flexibility index (Phi) is 4.26. The van der Waals surface area contributed by atoms with E-state index in [1.54, 1.807) is 15.9 Å². The molecule has 154 valence electrons. The predicted octanol–water partition coefficient (Wildman–Crippen LogP) is 5.94. The Morgan fingerprint density at radius 3 is 2.34 bits per heavy atom. The van der Waals surface area contributed by atoms with Gasteiger partial charge in [0.2, 0.25) is 0 Å². The molecule has 0 aliphatic carbocycles. The molecule has 0 aliphatic rings. The molecule has 0 atom stereocenters. The quantitative estimate of drug-likeness (QED) is 0.375. The van der Waals surface area contributed by atoms with Crippen molar-refractivity contribution in [2.45, 2.75) is 6.92 Å². The topological polar surface area (TPSA) is 63.1 Å². The van der Waals surface area contributed by atoms with E-state index in [1.165, 1.54) is 0 Å². The lowest BCUT2D eigenvalue weighted by atomic mass is 10.0. The number of aromatic amines is 1. The number of hydrogen-bond acceptors (Lipinski definition) is 4. The van der Waals surface area contributed by atoms with Gasteiger partial charge in [-0.15, -0.1) is 11.3 Å². The Morgan fingerprint density at radius 2 is 1.59 bits per heavy atom. The number of H-pyrrole nitrogens is 1. The Bertz CT molecular complexity index is 1650. The van der Waals surface area contributed by atoms with Crippen LogP contribution in [0.4, 0.5) is 0 Å². The van der Waals surface area contributed by atoms with Gasteiger partial charge in [0, 0.05) is 11.8 Å². The van der Waals surface area contributed by atoms with Crippen LogP contribution in [0.5, 0.6) is 0 Å². The van der Waals surface area contributed by atoms with Crippen LogP contribution in [0, 0.1) is 6.92 Å². The summed E-state index contributed by atoms with van der Waals surface area (Å²) >= 11 is 1.63. The molecule has 6 heteroatoms. The molecular weight excluding hydrogens is 416 g/mol. The number of nitrogens with zero attached hydrogens (tertiary/aromatic N) is 3. The number of aromatic nitrogens is 4. The van der Waals surface area contributed by atoms with Gasteiger partial charge in [-0.1, -0.05) is 66.7 Å². The minimum absolute atomic E-state index is 0.144. The average molecular weight is 435 g/mol. The second-order valence-corrected chi connectivity index (χ2v) is 8.90. The third-order valence-corrected chi connectivity index (χ3v) is 6.49. The van der Waals surface area contributed by atoms with Crippen molar-refractivity contribution < 1.29 is 0 Å². The molecule has 0 saturated heterocycles. The second-order valence-electron chi connectivity index (χ2n) is 7.66. The maximum atomic E-state index is 13.2. The predicted molar refractivity (Wildman–Crippen MR) is 130 cm³/mol. The molecule has 0 saturated carbocycles. The number of rotatable bonds is 3. The number of hydrogen-bond donors (Lipinski definition) is 1. The Morgan fingerprint density at radius 1 is 0.875 bits per heavy atom. The van der Waals surface area contributed by atoms with E-state index in [0.717, 1.165) is 43.2 Å². The Balaban J connectivity index is 1.61. The Hall–Kier alpha value is -4.03. The van der Waals surface area contributed by atoms with E-state index in [-0.39, 0.29) is 5.56 Å². The van der Waals surface area contributed by atoms with Gasteiger partial charge in [-0.2, -0.15) is 5.10 Å². The summed E-state index contributed by atoms with van der Waals surface area (Å²) in [6, 6.07) is 26.0. The van der Waals surface area contributed by atoms with Gasteiger partial charge in [-0.3, -0.25) is 4.79 Å². The van der Waals surface area contributed by atoms with Crippen molar-refractivity contribution in [1.29, 1.82) is 0 Å². The summed E-state index contributed by atoms with van der Waals surface area (Å²) in [5, 5.41) is 5.90. The fourth-order valence-corrected chi connectivity index (χ4v) is 4.96. The van der Waals surface area contributed by atoms with Gasteiger partial charge in [0.1, 0.15) is 11.3 Å². The van der Waals surface area contributed by atoms with Crippen molar-refractivity contribution in [2.75, 3.05) is 0 Å². The van der Waals surface area contributed by atoms with Gasteiger partial charge < -0.3 is 4.98 Å². The molecule has 0 spiro atoms. The van der Waals surface area contributed by atoms with Gasteiger partial charge in [0.15, 0.2) is 0 Å². The van der Waals surface area contributed by atoms with Crippen molar-refractivity contribution in [3.05, 3.63) is 100 Å². The molecule has 6 rings (SSSR count). The van der Waals surface area contributed by atoms with E-state index in [1.807, 2.05) is 92.0 Å². The van der Waals surface area contributed by atoms with Crippen molar-refractivity contribution in [1.82, 2.24) is 19.6 Å². The van der Waals surface area contributed by atoms with Crippen molar-refractivity contribution >= 4 is 27.2 Å². The molecule has 0 amide bonds. The molecule has 0 bridgehead atoms. The van der Waals surface area contributed by atoms with Crippen LogP contribution in [0.1, 0.15) is 5.01 Å². The maximum absolute atomic E-state index is 13.2. The number of benzene rings is 3. The average Bonchev–Trinajstić information content (AvgIpc) is 3.38. The first-order chi connectivity index (χ1) is 15.7. The zero-order chi connectivity index (χ0) is 21.7. The summed E-state index contributed by atoms with van der Waals surface area (Å²) in [5.74, 6) is 0. The van der Waals surface area contributed by atoms with Gasteiger partial charge >= 0.3 is 0 Å². The van der Waals surface area contributed by atoms with Crippen LogP contribution in [0.3, 0.4) is 0 Å². The van der Waals surface area contributed by atoms with Gasteiger partial charge in [-0.25, -0.2) is 9.50 Å². The van der Waals surface area contributed by atoms with Gasteiger partial charge in [-0.05, 0) is 30.2 Å². The minimum atomic E-state index is -0.144. The van der Waals surface area contributed by atoms with Crippen LogP contribution in [0.2, 0.25) is 0 Å². The highest BCUT2D eigenvalue weighted by Gasteiger charge is 2.19. The van der Waals surface area contributed by atoms with E-state index in [2.05, 4.69) is 9.97 Å². The molecule has 3 aromatic carbocycles. The molecule has 0 unspecified atom stereocenters. The lowest BCUT2D eigenvalue weighted by molar-refractivity contribution is 0.937. The third-order valence-electron chi connectivity index (χ3n) is 5.55. The van der Waals surface area contributed by atoms with Crippen LogP contribution < -0.4 is 5.56 Å². The highest BCUT2D eigenvalue weighted by Crippen LogP contribution is 2.34. The SMILES string of the molecule is Cc1nc2ccc(-c3cn4nc(-c5ccccc5)c(-c5ccccc5)c4[nH]c3=O)cc2s1. The van der Waals surface area contributed by atoms with Crippen LogP contribution in [-0.4, -0.2) is 19.6 Å². The molecule has 0 radical (unpaired) electrons. The normalized spacial score (nSPS) is 11.4. The zero-order valence-corrected chi connectivity index (χ0v) is 18.1. The van der Waals surface area contributed by atoms with Crippen LogP contribution >= 0.6 is 11.3 Å². The monoisotopic (exact) mass is 434 g/mol. The molecule has 32 heavy (non-hydrogen) atoms. The molecule has 1 N–H and O–H groups in total. The molecule has 3 aromatic heterocycles. The van der Waals surface area contributed by atoms with Crippen molar-refractivity contribution in [3.8, 4) is 33.5 Å². The van der Waals surface area contributed by atoms with Crippen molar-refractivity contribution in [2.24, 2.45) is 0 Å². The molecular formula is C26H18N4OS. The van der Waals surface area contributed by atoms with E-state index in [0.29, 0.717) is 11.2 Å². The highest BCUT2D eigenvalue weighted by atomic mass is 32.1. The summed E-state index contributed by atoms with van der Waals surface area (Å²) in [6.07, 6.45) is 1.82.